The fourth-order valence-corrected chi connectivity index (χ4v) is 6.94. The fourth-order valence-electron chi connectivity index (χ4n) is 6.34. The molecular weight excluding hydrogens is 456 g/mol. The van der Waals surface area contributed by atoms with Crippen LogP contribution in [0.25, 0.3) is 0 Å². The maximum Gasteiger partial charge on any atom is 0.321 e. The normalized spacial score (nSPS) is 17.6. The summed E-state index contributed by atoms with van der Waals surface area (Å²) in [6.45, 7) is 0. The van der Waals surface area contributed by atoms with Gasteiger partial charge < -0.3 is 5.73 Å². The van der Waals surface area contributed by atoms with Crippen LogP contribution in [0.5, 0.6) is 0 Å². The van der Waals surface area contributed by atoms with Crippen LogP contribution in [-0.4, -0.2) is 14.3 Å². The number of aryl methyl sites for hydroxylation is 4. The number of nitrogen functional groups attached to an aromatic ring is 1. The van der Waals surface area contributed by atoms with Gasteiger partial charge in [-0.1, -0.05) is 12.1 Å². The van der Waals surface area contributed by atoms with E-state index in [1.54, 1.807) is 0 Å². The summed E-state index contributed by atoms with van der Waals surface area (Å²) in [6, 6.07) is 4.70. The Labute approximate surface area is 200 Å². The molecule has 0 aromatic heterocycles. The standard InChI is InChI=1S/C14H16ClNO3S.C12H15N/c15-20(18,19)16-14(17)8-13-11-5-1-3-9(11)7-10-4-2-6-12(10)13;13-12-10-5-1-3-8(10)7-9-4-2-6-11(9)12/h7H,1-6,8H2,(H,16,17);7H,1-6,13H2. The van der Waals surface area contributed by atoms with E-state index in [2.05, 4.69) is 12.1 Å². The molecule has 6 rings (SSSR count). The summed E-state index contributed by atoms with van der Waals surface area (Å²) in [7, 11) is 1.07. The lowest BCUT2D eigenvalue weighted by atomic mass is 9.92. The van der Waals surface area contributed by atoms with Crippen LogP contribution in [0.4, 0.5) is 5.69 Å². The first kappa shape index (κ1) is 22.7. The lowest BCUT2D eigenvalue weighted by Crippen LogP contribution is -2.28. The molecule has 3 N–H and O–H groups in total. The lowest BCUT2D eigenvalue weighted by molar-refractivity contribution is -0.118. The zero-order valence-electron chi connectivity index (χ0n) is 18.9. The lowest BCUT2D eigenvalue weighted by Gasteiger charge is -2.14. The van der Waals surface area contributed by atoms with Gasteiger partial charge in [0.15, 0.2) is 0 Å². The topological polar surface area (TPSA) is 89.3 Å². The average Bonchev–Trinajstić information content (AvgIpc) is 3.53. The van der Waals surface area contributed by atoms with E-state index in [1.165, 1.54) is 83.0 Å². The molecule has 4 aliphatic carbocycles. The quantitative estimate of drug-likeness (QED) is 0.506. The second kappa shape index (κ2) is 8.95. The summed E-state index contributed by atoms with van der Waals surface area (Å²) in [5, 5.41) is 0. The van der Waals surface area contributed by atoms with Gasteiger partial charge in [0.1, 0.15) is 0 Å². The minimum Gasteiger partial charge on any atom is -0.398 e. The first-order valence-electron chi connectivity index (χ1n) is 12.1. The Bertz CT molecular complexity index is 1170. The third-order valence-corrected chi connectivity index (χ3v) is 8.39. The van der Waals surface area contributed by atoms with Crippen molar-refractivity contribution in [3.63, 3.8) is 0 Å². The van der Waals surface area contributed by atoms with Crippen LogP contribution < -0.4 is 10.5 Å². The van der Waals surface area contributed by atoms with Crippen molar-refractivity contribution in [2.75, 3.05) is 5.73 Å². The Balaban J connectivity index is 0.000000151. The van der Waals surface area contributed by atoms with Crippen LogP contribution in [0.15, 0.2) is 12.1 Å². The number of halogens is 1. The molecule has 0 unspecified atom stereocenters. The van der Waals surface area contributed by atoms with E-state index in [4.69, 9.17) is 16.4 Å². The maximum absolute atomic E-state index is 11.9. The number of carbonyl (C=O) groups is 1. The molecule has 1 amide bonds. The molecule has 2 aromatic carbocycles. The Morgan fingerprint density at radius 2 is 1.15 bits per heavy atom. The number of nitrogens with two attached hydrogens (primary N) is 1. The van der Waals surface area contributed by atoms with E-state index >= 15 is 0 Å². The number of fused-ring (bicyclic) bond motifs is 4. The van der Waals surface area contributed by atoms with Gasteiger partial charge in [0.05, 0.1) is 6.42 Å². The third-order valence-electron chi connectivity index (χ3n) is 7.69. The van der Waals surface area contributed by atoms with Crippen LogP contribution in [0, 0.1) is 0 Å². The highest BCUT2D eigenvalue weighted by Gasteiger charge is 2.26. The van der Waals surface area contributed by atoms with Gasteiger partial charge in [0.25, 0.3) is 0 Å². The van der Waals surface area contributed by atoms with Crippen LogP contribution >= 0.6 is 10.7 Å². The molecule has 2 aromatic rings. The summed E-state index contributed by atoms with van der Waals surface area (Å²) in [5.74, 6) is -0.547. The van der Waals surface area contributed by atoms with Crippen molar-refractivity contribution in [1.82, 2.24) is 4.72 Å². The molecular formula is C26H31ClN2O3S. The Hall–Kier alpha value is -2.05. The zero-order valence-corrected chi connectivity index (χ0v) is 20.5. The monoisotopic (exact) mass is 486 g/mol. The SMILES string of the molecule is Nc1c2c(cc3c1CCC3)CCC2.O=C(Cc1c2c(cc3c1CCC3)CCC2)NS(=O)(=O)Cl. The van der Waals surface area contributed by atoms with Gasteiger partial charge in [0, 0.05) is 16.4 Å². The highest BCUT2D eigenvalue weighted by molar-refractivity contribution is 8.12. The maximum atomic E-state index is 11.9. The molecule has 5 nitrogen and oxygen atoms in total. The molecule has 0 saturated heterocycles. The summed E-state index contributed by atoms with van der Waals surface area (Å²) >= 11 is 0. The number of hydrogen-bond donors (Lipinski definition) is 2. The zero-order chi connectivity index (χ0) is 23.2. The number of benzene rings is 2. The number of hydrogen-bond acceptors (Lipinski definition) is 4. The van der Waals surface area contributed by atoms with Crippen LogP contribution in [-0.2, 0) is 71.8 Å². The summed E-state index contributed by atoms with van der Waals surface area (Å²) in [5.41, 5.74) is 19.6. The number of anilines is 1. The van der Waals surface area contributed by atoms with Gasteiger partial charge in [-0.15, -0.1) is 0 Å². The predicted octanol–water partition coefficient (Wildman–Crippen LogP) is 4.05. The van der Waals surface area contributed by atoms with Crippen LogP contribution in [0.2, 0.25) is 0 Å². The Morgan fingerprint density at radius 3 is 1.58 bits per heavy atom. The minimum atomic E-state index is -4.00. The molecule has 7 heteroatoms. The van der Waals surface area contributed by atoms with Crippen molar-refractivity contribution in [3.05, 3.63) is 62.2 Å². The first-order valence-corrected chi connectivity index (χ1v) is 14.4. The van der Waals surface area contributed by atoms with Crippen molar-refractivity contribution in [1.29, 1.82) is 0 Å². The predicted molar refractivity (Wildman–Crippen MR) is 132 cm³/mol. The van der Waals surface area contributed by atoms with Gasteiger partial charge in [-0.3, -0.25) is 4.79 Å². The molecule has 0 heterocycles. The van der Waals surface area contributed by atoms with E-state index in [1.807, 2.05) is 4.72 Å². The van der Waals surface area contributed by atoms with E-state index < -0.39 is 15.1 Å². The molecule has 0 radical (unpaired) electrons. The van der Waals surface area contributed by atoms with Crippen molar-refractivity contribution in [2.45, 2.75) is 83.5 Å². The van der Waals surface area contributed by atoms with Crippen LogP contribution in [0.3, 0.4) is 0 Å². The van der Waals surface area contributed by atoms with Gasteiger partial charge in [-0.2, -0.15) is 8.42 Å². The molecule has 4 aliphatic rings. The van der Waals surface area contributed by atoms with Crippen molar-refractivity contribution < 1.29 is 13.2 Å². The van der Waals surface area contributed by atoms with Gasteiger partial charge in [-0.05, 0) is 127 Å². The molecule has 0 saturated carbocycles. The average molecular weight is 487 g/mol. The minimum absolute atomic E-state index is 0.109. The van der Waals surface area contributed by atoms with Gasteiger partial charge >= 0.3 is 9.24 Å². The largest absolute Gasteiger partial charge is 0.398 e. The first-order chi connectivity index (χ1) is 15.8. The van der Waals surface area contributed by atoms with E-state index in [0.717, 1.165) is 49.8 Å². The Morgan fingerprint density at radius 1 is 0.758 bits per heavy atom. The van der Waals surface area contributed by atoms with Gasteiger partial charge in [0.2, 0.25) is 5.91 Å². The van der Waals surface area contributed by atoms with Crippen molar-refractivity contribution in [3.8, 4) is 0 Å². The molecule has 0 spiro atoms. The van der Waals surface area contributed by atoms with E-state index in [9.17, 15) is 13.2 Å². The number of amides is 1. The second-order valence-corrected chi connectivity index (χ2v) is 12.0. The molecule has 0 atom stereocenters. The fraction of sp³-hybridized carbons (Fsp3) is 0.500. The second-order valence-electron chi connectivity index (χ2n) is 9.75. The molecule has 176 valence electrons. The highest BCUT2D eigenvalue weighted by Crippen LogP contribution is 2.37. The Kier molecular flexibility index (Phi) is 6.17. The molecule has 0 aliphatic heterocycles. The smallest absolute Gasteiger partial charge is 0.321 e. The van der Waals surface area contributed by atoms with E-state index in [0.29, 0.717) is 0 Å². The van der Waals surface area contributed by atoms with Crippen molar-refractivity contribution in [2.24, 2.45) is 0 Å². The van der Waals surface area contributed by atoms with E-state index in [-0.39, 0.29) is 6.42 Å². The number of carbonyl (C=O) groups excluding carboxylic acids is 1. The summed E-state index contributed by atoms with van der Waals surface area (Å²) in [6.07, 6.45) is 14.0. The van der Waals surface area contributed by atoms with Crippen molar-refractivity contribution >= 4 is 31.5 Å². The molecule has 0 bridgehead atoms. The third kappa shape index (κ3) is 4.65. The molecule has 33 heavy (non-hydrogen) atoms. The molecule has 0 fully saturated rings. The summed E-state index contributed by atoms with van der Waals surface area (Å²) < 4.78 is 23.7. The van der Waals surface area contributed by atoms with Gasteiger partial charge in [-0.25, -0.2) is 4.72 Å². The number of rotatable bonds is 3. The highest BCUT2D eigenvalue weighted by atomic mass is 35.7. The number of nitrogens with one attached hydrogen (secondary N) is 1. The van der Waals surface area contributed by atoms with Crippen LogP contribution in [0.1, 0.15) is 75.8 Å². The summed E-state index contributed by atoms with van der Waals surface area (Å²) in [4.78, 5) is 11.9.